The van der Waals surface area contributed by atoms with Crippen LogP contribution in [0.4, 0.5) is 0 Å². The van der Waals surface area contributed by atoms with E-state index in [4.69, 9.17) is 15.3 Å². The molecule has 0 fully saturated rings. The third kappa shape index (κ3) is 1620. The third-order valence-corrected chi connectivity index (χ3v) is 0. The van der Waals surface area contributed by atoms with Crippen molar-refractivity contribution in [2.45, 2.75) is 59.9 Å². The number of rotatable bonds is 0. The van der Waals surface area contributed by atoms with Crippen LogP contribution in [0, 0.1) is 0 Å². The van der Waals surface area contributed by atoms with E-state index in [-0.39, 0.29) is 51.0 Å². The topological polar surface area (TPSA) is 60.7 Å². The van der Waals surface area contributed by atoms with Gasteiger partial charge in [0, 0.05) is 51.0 Å². The summed E-state index contributed by atoms with van der Waals surface area (Å²) in [6.07, 6.45) is -0.500. The van der Waals surface area contributed by atoms with E-state index in [1.807, 2.05) is 0 Å². The van der Waals surface area contributed by atoms with Gasteiger partial charge in [-0.15, -0.1) is 0 Å². The molecule has 0 spiro atoms. The molecule has 3 nitrogen and oxygen atoms in total. The summed E-state index contributed by atoms with van der Waals surface area (Å²) in [4.78, 5) is 0. The fourth-order valence-electron chi connectivity index (χ4n) is 0. The predicted molar refractivity (Wildman–Crippen MR) is 52.1 cm³/mol. The van der Waals surface area contributed by atoms with Crippen LogP contribution in [0.5, 0.6) is 0 Å². The van der Waals surface area contributed by atoms with Crippen LogP contribution in [0.15, 0.2) is 0 Å². The Bertz CT molecular complexity index is 43.4. The second-order valence-corrected chi connectivity index (χ2v) is 3.28. The van der Waals surface area contributed by atoms with Crippen LogP contribution in [-0.2, 0) is 32.7 Å². The number of aliphatic hydroxyl groups is 3. The Kier molecular flexibility index (Phi) is 34.0. The molecule has 0 aliphatic carbocycles. The summed E-state index contributed by atoms with van der Waals surface area (Å²) >= 11 is 0. The number of hydrogen-bond acceptors (Lipinski definition) is 3. The fraction of sp³-hybridized carbons (Fsp3) is 1.00. The molecule has 0 aliphatic rings. The minimum atomic E-state index is -0.167. The molecule has 0 unspecified atom stereocenters. The van der Waals surface area contributed by atoms with Crippen molar-refractivity contribution in [1.29, 1.82) is 0 Å². The molecule has 0 aromatic carbocycles. The molecular formula is C9H24O3Y. The van der Waals surface area contributed by atoms with Gasteiger partial charge in [-0.25, -0.2) is 0 Å². The molecule has 0 heterocycles. The quantitative estimate of drug-likeness (QED) is 0.618. The summed E-state index contributed by atoms with van der Waals surface area (Å²) in [6, 6.07) is 0. The molecule has 1 radical (unpaired) electrons. The van der Waals surface area contributed by atoms with E-state index in [2.05, 4.69) is 0 Å². The van der Waals surface area contributed by atoms with Gasteiger partial charge in [-0.2, -0.15) is 0 Å². The maximum atomic E-state index is 8.06. The van der Waals surface area contributed by atoms with Gasteiger partial charge in [-0.05, 0) is 41.5 Å². The Labute approximate surface area is 107 Å². The van der Waals surface area contributed by atoms with Gasteiger partial charge in [0.25, 0.3) is 0 Å². The van der Waals surface area contributed by atoms with Crippen LogP contribution in [0.3, 0.4) is 0 Å². The maximum Gasteiger partial charge on any atom is 0.0483 e. The van der Waals surface area contributed by atoms with E-state index < -0.39 is 0 Å². The molecule has 0 amide bonds. The van der Waals surface area contributed by atoms with Crippen LogP contribution >= 0.6 is 0 Å². The smallest absolute Gasteiger partial charge is 0.0483 e. The van der Waals surface area contributed by atoms with Gasteiger partial charge in [0.1, 0.15) is 0 Å². The molecule has 13 heavy (non-hydrogen) atoms. The second-order valence-electron chi connectivity index (χ2n) is 3.28. The van der Waals surface area contributed by atoms with Crippen molar-refractivity contribution in [2.75, 3.05) is 0 Å². The number of aliphatic hydroxyl groups excluding tert-OH is 3. The first-order valence-electron chi connectivity index (χ1n) is 4.24. The van der Waals surface area contributed by atoms with Crippen molar-refractivity contribution >= 4 is 0 Å². The summed E-state index contributed by atoms with van der Waals surface area (Å²) < 4.78 is 0. The van der Waals surface area contributed by atoms with E-state index in [1.165, 1.54) is 0 Å². The molecule has 4 heteroatoms. The zero-order valence-corrected chi connectivity index (χ0v) is 12.5. The van der Waals surface area contributed by atoms with Gasteiger partial charge < -0.3 is 15.3 Å². The monoisotopic (exact) mass is 269 g/mol. The molecule has 0 aromatic heterocycles. The van der Waals surface area contributed by atoms with Crippen molar-refractivity contribution in [3.05, 3.63) is 0 Å². The van der Waals surface area contributed by atoms with Crippen LogP contribution < -0.4 is 0 Å². The Hall–Kier alpha value is 0.984. The second kappa shape index (κ2) is 18.7. The summed E-state index contributed by atoms with van der Waals surface area (Å²) in [5.41, 5.74) is 0. The standard InChI is InChI=1S/3C3H8O.Y/c3*1-3(2)4;/h3*3-4H,1-2H3;. The molecule has 0 bridgehead atoms. The van der Waals surface area contributed by atoms with E-state index in [9.17, 15) is 0 Å². The largest absolute Gasteiger partial charge is 0.394 e. The van der Waals surface area contributed by atoms with Crippen molar-refractivity contribution in [2.24, 2.45) is 0 Å². The molecular weight excluding hydrogens is 245 g/mol. The molecule has 0 aromatic rings. The molecule has 3 N–H and O–H groups in total. The molecule has 0 saturated carbocycles. The first-order chi connectivity index (χ1) is 5.20. The average Bonchev–Trinajstić information content (AvgIpc) is 1.54. The Morgan fingerprint density at radius 1 is 0.538 bits per heavy atom. The van der Waals surface area contributed by atoms with Crippen LogP contribution in [0.2, 0.25) is 0 Å². The zero-order chi connectivity index (χ0) is 10.7. The Morgan fingerprint density at radius 3 is 0.538 bits per heavy atom. The summed E-state index contributed by atoms with van der Waals surface area (Å²) in [5.74, 6) is 0. The van der Waals surface area contributed by atoms with E-state index >= 15 is 0 Å². The predicted octanol–water partition coefficient (Wildman–Crippen LogP) is 1.16. The summed E-state index contributed by atoms with van der Waals surface area (Å²) in [7, 11) is 0. The SMILES string of the molecule is CC(C)O.CC(C)O.CC(C)O.[Y]. The van der Waals surface area contributed by atoms with Gasteiger partial charge in [0.2, 0.25) is 0 Å². The van der Waals surface area contributed by atoms with Crippen LogP contribution in [0.1, 0.15) is 41.5 Å². The van der Waals surface area contributed by atoms with E-state index in [0.29, 0.717) is 0 Å². The van der Waals surface area contributed by atoms with E-state index in [1.54, 1.807) is 41.5 Å². The Morgan fingerprint density at radius 2 is 0.538 bits per heavy atom. The molecule has 0 atom stereocenters. The van der Waals surface area contributed by atoms with Crippen molar-refractivity contribution in [3.63, 3.8) is 0 Å². The average molecular weight is 269 g/mol. The first kappa shape index (κ1) is 23.7. The minimum absolute atomic E-state index is 0. The zero-order valence-electron chi connectivity index (χ0n) is 9.65. The van der Waals surface area contributed by atoms with Crippen LogP contribution in [0.25, 0.3) is 0 Å². The van der Waals surface area contributed by atoms with Crippen molar-refractivity contribution < 1.29 is 48.0 Å². The minimum Gasteiger partial charge on any atom is -0.394 e. The van der Waals surface area contributed by atoms with Crippen molar-refractivity contribution in [3.8, 4) is 0 Å². The third-order valence-electron chi connectivity index (χ3n) is 0. The normalized spacial score (nSPS) is 8.31. The van der Waals surface area contributed by atoms with Crippen molar-refractivity contribution in [1.82, 2.24) is 0 Å². The summed E-state index contributed by atoms with van der Waals surface area (Å²) in [5, 5.41) is 24.2. The first-order valence-corrected chi connectivity index (χ1v) is 4.24. The van der Waals surface area contributed by atoms with Gasteiger partial charge in [-0.1, -0.05) is 0 Å². The van der Waals surface area contributed by atoms with E-state index in [0.717, 1.165) is 0 Å². The summed E-state index contributed by atoms with van der Waals surface area (Å²) in [6.45, 7) is 10.3. The molecule has 0 saturated heterocycles. The maximum absolute atomic E-state index is 8.06. The van der Waals surface area contributed by atoms with Gasteiger partial charge in [0.05, 0.1) is 0 Å². The molecule has 81 valence electrons. The molecule has 0 aliphatic heterocycles. The van der Waals surface area contributed by atoms with Gasteiger partial charge in [-0.3, -0.25) is 0 Å². The Balaban J connectivity index is -0.0000000450. The van der Waals surface area contributed by atoms with Gasteiger partial charge in [0.15, 0.2) is 0 Å². The van der Waals surface area contributed by atoms with Gasteiger partial charge >= 0.3 is 0 Å². The van der Waals surface area contributed by atoms with Crippen LogP contribution in [-0.4, -0.2) is 33.6 Å². The molecule has 0 rings (SSSR count). The fourth-order valence-corrected chi connectivity index (χ4v) is 0. The number of hydrogen-bond donors (Lipinski definition) is 3.